The average molecular weight is 185 g/mol. The normalized spacial score (nSPS) is 12.5. The van der Waals surface area contributed by atoms with Crippen molar-refractivity contribution in [2.45, 2.75) is 52.9 Å². The van der Waals surface area contributed by atoms with Gasteiger partial charge in [-0.25, -0.2) is 0 Å². The highest BCUT2D eigenvalue weighted by Gasteiger charge is 2.06. The minimum Gasteiger partial charge on any atom is -0.356 e. The van der Waals surface area contributed by atoms with E-state index >= 15 is 0 Å². The fourth-order valence-corrected chi connectivity index (χ4v) is 1.33. The third-order valence-corrected chi connectivity index (χ3v) is 2.45. The molecule has 1 N–H and O–H groups in total. The van der Waals surface area contributed by atoms with Gasteiger partial charge in [-0.2, -0.15) is 0 Å². The molecule has 1 amide bonds. The summed E-state index contributed by atoms with van der Waals surface area (Å²) in [6, 6.07) is 0. The maximum atomic E-state index is 11.0. The van der Waals surface area contributed by atoms with Crippen LogP contribution in [-0.4, -0.2) is 12.5 Å². The zero-order chi connectivity index (χ0) is 10.1. The van der Waals surface area contributed by atoms with E-state index in [-0.39, 0.29) is 5.91 Å². The number of hydrogen-bond donors (Lipinski definition) is 1. The summed E-state index contributed by atoms with van der Waals surface area (Å²) in [6.45, 7) is 7.15. The van der Waals surface area contributed by atoms with Crippen LogP contribution in [0.5, 0.6) is 0 Å². The van der Waals surface area contributed by atoms with Gasteiger partial charge in [0.2, 0.25) is 5.91 Å². The Kier molecular flexibility index (Phi) is 7.76. The zero-order valence-electron chi connectivity index (χ0n) is 9.23. The summed E-state index contributed by atoms with van der Waals surface area (Å²) < 4.78 is 0. The van der Waals surface area contributed by atoms with E-state index in [4.69, 9.17) is 0 Å². The second-order valence-electron chi connectivity index (χ2n) is 3.57. The van der Waals surface area contributed by atoms with Crippen LogP contribution in [0, 0.1) is 5.92 Å². The van der Waals surface area contributed by atoms with Crippen molar-refractivity contribution in [1.82, 2.24) is 5.32 Å². The Morgan fingerprint density at radius 2 is 2.00 bits per heavy atom. The van der Waals surface area contributed by atoms with Gasteiger partial charge in [-0.1, -0.05) is 40.0 Å². The third-order valence-electron chi connectivity index (χ3n) is 2.45. The van der Waals surface area contributed by atoms with Crippen molar-refractivity contribution in [3.05, 3.63) is 0 Å². The first-order valence-corrected chi connectivity index (χ1v) is 5.51. The Bertz CT molecular complexity index is 134. The molecule has 0 bridgehead atoms. The summed E-state index contributed by atoms with van der Waals surface area (Å²) >= 11 is 0. The topological polar surface area (TPSA) is 29.1 Å². The van der Waals surface area contributed by atoms with E-state index in [9.17, 15) is 4.79 Å². The number of carbonyl (C=O) groups is 1. The molecule has 0 spiro atoms. The van der Waals surface area contributed by atoms with Gasteiger partial charge in [0, 0.05) is 13.0 Å². The van der Waals surface area contributed by atoms with Crippen molar-refractivity contribution in [2.75, 3.05) is 6.54 Å². The lowest BCUT2D eigenvalue weighted by Gasteiger charge is -2.14. The molecule has 0 aromatic rings. The molecular weight excluding hydrogens is 162 g/mol. The Hall–Kier alpha value is -0.530. The lowest BCUT2D eigenvalue weighted by molar-refractivity contribution is -0.120. The molecule has 13 heavy (non-hydrogen) atoms. The highest BCUT2D eigenvalue weighted by Crippen LogP contribution is 2.10. The molecule has 1 atom stereocenters. The number of amides is 1. The zero-order valence-corrected chi connectivity index (χ0v) is 9.23. The van der Waals surface area contributed by atoms with Gasteiger partial charge in [-0.15, -0.1) is 0 Å². The molecule has 0 aliphatic heterocycles. The van der Waals surface area contributed by atoms with Gasteiger partial charge in [0.1, 0.15) is 0 Å². The van der Waals surface area contributed by atoms with Gasteiger partial charge >= 0.3 is 0 Å². The van der Waals surface area contributed by atoms with Crippen LogP contribution in [0.1, 0.15) is 52.9 Å². The first-order valence-electron chi connectivity index (χ1n) is 5.51. The first kappa shape index (κ1) is 12.5. The van der Waals surface area contributed by atoms with Crippen molar-refractivity contribution in [1.29, 1.82) is 0 Å². The number of unbranched alkanes of at least 4 members (excludes halogenated alkanes) is 1. The minimum atomic E-state index is 0.176. The van der Waals surface area contributed by atoms with Crippen molar-refractivity contribution in [2.24, 2.45) is 5.92 Å². The summed E-state index contributed by atoms with van der Waals surface area (Å²) in [4.78, 5) is 11.0. The molecule has 0 fully saturated rings. The Balaban J connectivity index is 3.52. The lowest BCUT2D eigenvalue weighted by Crippen LogP contribution is -2.28. The highest BCUT2D eigenvalue weighted by atomic mass is 16.1. The predicted octanol–water partition coefficient (Wildman–Crippen LogP) is 2.73. The Labute approximate surface area is 82.1 Å². The van der Waals surface area contributed by atoms with Gasteiger partial charge in [0.25, 0.3) is 0 Å². The van der Waals surface area contributed by atoms with Crippen LogP contribution in [-0.2, 0) is 4.79 Å². The smallest absolute Gasteiger partial charge is 0.219 e. The minimum absolute atomic E-state index is 0.176. The second-order valence-corrected chi connectivity index (χ2v) is 3.57. The van der Waals surface area contributed by atoms with Gasteiger partial charge in [0.05, 0.1) is 0 Å². The number of rotatable bonds is 7. The molecule has 0 rings (SSSR count). The van der Waals surface area contributed by atoms with E-state index in [1.807, 2.05) is 6.92 Å². The van der Waals surface area contributed by atoms with E-state index in [1.165, 1.54) is 25.7 Å². The number of hydrogen-bond acceptors (Lipinski definition) is 1. The van der Waals surface area contributed by atoms with Crippen molar-refractivity contribution in [3.63, 3.8) is 0 Å². The average Bonchev–Trinajstić information content (AvgIpc) is 2.17. The summed E-state index contributed by atoms with van der Waals surface area (Å²) in [7, 11) is 0. The molecule has 0 aliphatic carbocycles. The standard InChI is InChI=1S/C11H23NO/c1-4-7-8-10(5-2)9-12-11(13)6-3/h10H,4-9H2,1-3H3,(H,12,13)/t10-/m1/s1. The summed E-state index contributed by atoms with van der Waals surface area (Å²) in [5, 5.41) is 2.95. The molecule has 0 unspecified atom stereocenters. The maximum Gasteiger partial charge on any atom is 0.219 e. The van der Waals surface area contributed by atoms with Gasteiger partial charge in [-0.05, 0) is 12.3 Å². The van der Waals surface area contributed by atoms with Crippen LogP contribution in [0.25, 0.3) is 0 Å². The van der Waals surface area contributed by atoms with Crippen LogP contribution in [0.15, 0.2) is 0 Å². The van der Waals surface area contributed by atoms with Gasteiger partial charge in [-0.3, -0.25) is 4.79 Å². The molecular formula is C11H23NO. The van der Waals surface area contributed by atoms with Crippen LogP contribution in [0.4, 0.5) is 0 Å². The van der Waals surface area contributed by atoms with Crippen molar-refractivity contribution in [3.8, 4) is 0 Å². The molecule has 78 valence electrons. The largest absolute Gasteiger partial charge is 0.356 e. The molecule has 2 nitrogen and oxygen atoms in total. The number of carbonyl (C=O) groups excluding carboxylic acids is 1. The maximum absolute atomic E-state index is 11.0. The van der Waals surface area contributed by atoms with Gasteiger partial charge < -0.3 is 5.32 Å². The van der Waals surface area contributed by atoms with Crippen molar-refractivity contribution >= 4 is 5.91 Å². The molecule has 0 aromatic carbocycles. The molecule has 0 aromatic heterocycles. The third kappa shape index (κ3) is 6.62. The van der Waals surface area contributed by atoms with E-state index < -0.39 is 0 Å². The van der Waals surface area contributed by atoms with Gasteiger partial charge in [0.15, 0.2) is 0 Å². The summed E-state index contributed by atoms with van der Waals surface area (Å²) in [5.41, 5.74) is 0. The fraction of sp³-hybridized carbons (Fsp3) is 0.909. The molecule has 0 heterocycles. The van der Waals surface area contributed by atoms with Crippen LogP contribution >= 0.6 is 0 Å². The fourth-order valence-electron chi connectivity index (χ4n) is 1.33. The van der Waals surface area contributed by atoms with Crippen LogP contribution in [0.3, 0.4) is 0 Å². The molecule has 0 radical (unpaired) electrons. The second kappa shape index (κ2) is 8.09. The summed E-state index contributed by atoms with van der Waals surface area (Å²) in [6.07, 6.45) is 5.55. The summed E-state index contributed by atoms with van der Waals surface area (Å²) in [5.74, 6) is 0.852. The lowest BCUT2D eigenvalue weighted by atomic mass is 9.99. The molecule has 0 saturated carbocycles. The highest BCUT2D eigenvalue weighted by molar-refractivity contribution is 5.75. The SMILES string of the molecule is CCCC[C@@H](CC)CNC(=O)CC. The quantitative estimate of drug-likeness (QED) is 0.649. The number of nitrogens with one attached hydrogen (secondary N) is 1. The molecule has 0 aliphatic rings. The van der Waals surface area contributed by atoms with E-state index in [1.54, 1.807) is 0 Å². The van der Waals surface area contributed by atoms with Crippen molar-refractivity contribution < 1.29 is 4.79 Å². The van der Waals surface area contributed by atoms with Crippen LogP contribution in [0.2, 0.25) is 0 Å². The predicted molar refractivity (Wildman–Crippen MR) is 56.6 cm³/mol. The van der Waals surface area contributed by atoms with E-state index in [0.717, 1.165) is 6.54 Å². The van der Waals surface area contributed by atoms with Crippen LogP contribution < -0.4 is 5.32 Å². The van der Waals surface area contributed by atoms with E-state index in [0.29, 0.717) is 12.3 Å². The molecule has 0 saturated heterocycles. The molecule has 2 heteroatoms. The Morgan fingerprint density at radius 1 is 1.31 bits per heavy atom. The van der Waals surface area contributed by atoms with E-state index in [2.05, 4.69) is 19.2 Å². The monoisotopic (exact) mass is 185 g/mol. The Morgan fingerprint density at radius 3 is 2.46 bits per heavy atom. The first-order chi connectivity index (χ1) is 6.24.